The topological polar surface area (TPSA) is 114 Å². The highest BCUT2D eigenvalue weighted by molar-refractivity contribution is 5.80. The van der Waals surface area contributed by atoms with Crippen molar-refractivity contribution in [1.29, 1.82) is 0 Å². The Kier molecular flexibility index (Phi) is 7.71. The van der Waals surface area contributed by atoms with Crippen LogP contribution in [-0.4, -0.2) is 25.4 Å². The second-order valence-electron chi connectivity index (χ2n) is 9.70. The minimum Gasteiger partial charge on any atom is -0.457 e. The first kappa shape index (κ1) is 26.5. The molecule has 3 aromatic heterocycles. The Morgan fingerprint density at radius 1 is 0.857 bits per heavy atom. The van der Waals surface area contributed by atoms with Crippen molar-refractivity contribution in [2.75, 3.05) is 5.32 Å². The van der Waals surface area contributed by atoms with Crippen molar-refractivity contribution in [1.82, 2.24) is 24.8 Å². The fourth-order valence-electron chi connectivity index (χ4n) is 4.61. The lowest BCUT2D eigenvalue weighted by Gasteiger charge is -2.15. The average molecular weight is 557 g/mol. The maximum atomic E-state index is 13.6. The van der Waals surface area contributed by atoms with Gasteiger partial charge in [-0.3, -0.25) is 19.1 Å². The molecule has 0 fully saturated rings. The van der Waals surface area contributed by atoms with Gasteiger partial charge in [0.05, 0.1) is 18.4 Å². The number of aromatic amines is 1. The molecule has 0 aliphatic rings. The first-order valence-electron chi connectivity index (χ1n) is 13.5. The average Bonchev–Trinajstić information content (AvgIpc) is 3.45. The van der Waals surface area contributed by atoms with Crippen LogP contribution >= 0.6 is 0 Å². The number of ether oxygens (including phenoxy) is 1. The Balaban J connectivity index is 1.17. The van der Waals surface area contributed by atoms with Crippen LogP contribution in [-0.2, 0) is 24.4 Å². The van der Waals surface area contributed by atoms with Gasteiger partial charge in [-0.25, -0.2) is 4.98 Å². The van der Waals surface area contributed by atoms with E-state index in [4.69, 9.17) is 4.74 Å². The second kappa shape index (κ2) is 12.2. The molecule has 0 spiro atoms. The van der Waals surface area contributed by atoms with Crippen LogP contribution in [0.3, 0.4) is 0 Å². The maximum absolute atomic E-state index is 13.6. The van der Waals surface area contributed by atoms with Crippen LogP contribution in [0.4, 0.5) is 5.82 Å². The normalized spacial score (nSPS) is 10.9. The third kappa shape index (κ3) is 6.20. The van der Waals surface area contributed by atoms with Crippen molar-refractivity contribution < 1.29 is 9.53 Å². The van der Waals surface area contributed by atoms with Crippen molar-refractivity contribution in [3.05, 3.63) is 137 Å². The van der Waals surface area contributed by atoms with E-state index in [-0.39, 0.29) is 23.8 Å². The van der Waals surface area contributed by atoms with Gasteiger partial charge in [-0.2, -0.15) is 0 Å². The van der Waals surface area contributed by atoms with Crippen molar-refractivity contribution >= 4 is 22.6 Å². The van der Waals surface area contributed by atoms with E-state index in [0.29, 0.717) is 24.5 Å². The van der Waals surface area contributed by atoms with Crippen LogP contribution < -0.4 is 20.9 Å². The smallest absolute Gasteiger partial charge is 0.294 e. The molecule has 0 unspecified atom stereocenters. The molecule has 0 saturated heterocycles. The number of nitrogens with zero attached hydrogens (tertiary/aromatic N) is 3. The van der Waals surface area contributed by atoms with Crippen LogP contribution in [0.5, 0.6) is 11.5 Å². The number of aromatic nitrogens is 4. The molecule has 3 N–H and O–H groups in total. The number of nitrogens with one attached hydrogen (secondary N) is 3. The molecule has 3 aromatic carbocycles. The number of rotatable bonds is 10. The summed E-state index contributed by atoms with van der Waals surface area (Å²) in [6, 6.07) is 30.4. The van der Waals surface area contributed by atoms with Crippen molar-refractivity contribution in [2.45, 2.75) is 19.6 Å². The summed E-state index contributed by atoms with van der Waals surface area (Å²) in [6.07, 6.45) is 5.10. The van der Waals surface area contributed by atoms with Gasteiger partial charge in [0.25, 0.3) is 5.56 Å². The van der Waals surface area contributed by atoms with Gasteiger partial charge < -0.3 is 20.4 Å². The molecule has 0 aliphatic heterocycles. The molecule has 0 radical (unpaired) electrons. The molecular formula is C33H28N6O3. The number of benzene rings is 3. The lowest BCUT2D eigenvalue weighted by Crippen LogP contribution is -2.34. The van der Waals surface area contributed by atoms with Crippen LogP contribution in [0.2, 0.25) is 0 Å². The first-order chi connectivity index (χ1) is 20.6. The zero-order valence-corrected chi connectivity index (χ0v) is 22.7. The van der Waals surface area contributed by atoms with E-state index in [1.165, 1.54) is 4.57 Å². The quantitative estimate of drug-likeness (QED) is 0.205. The third-order valence-electron chi connectivity index (χ3n) is 6.74. The number of para-hydroxylation sites is 1. The Morgan fingerprint density at radius 3 is 2.36 bits per heavy atom. The number of fused-ring (bicyclic) bond motifs is 1. The third-order valence-corrected chi connectivity index (χ3v) is 6.74. The molecule has 208 valence electrons. The summed E-state index contributed by atoms with van der Waals surface area (Å²) in [6.45, 7) is 0.511. The molecular weight excluding hydrogens is 528 g/mol. The van der Waals surface area contributed by atoms with Gasteiger partial charge in [0.1, 0.15) is 18.0 Å². The van der Waals surface area contributed by atoms with Gasteiger partial charge in [-0.1, -0.05) is 60.7 Å². The van der Waals surface area contributed by atoms with Gasteiger partial charge in [0.2, 0.25) is 5.91 Å². The van der Waals surface area contributed by atoms with Crippen LogP contribution in [0.15, 0.2) is 120 Å². The highest BCUT2D eigenvalue weighted by Crippen LogP contribution is 2.22. The Bertz CT molecular complexity index is 1830. The van der Waals surface area contributed by atoms with Gasteiger partial charge in [0.15, 0.2) is 5.82 Å². The summed E-state index contributed by atoms with van der Waals surface area (Å²) in [5.41, 5.74) is 3.70. The first-order valence-corrected chi connectivity index (χ1v) is 13.5. The lowest BCUT2D eigenvalue weighted by molar-refractivity contribution is -0.121. The number of pyridine rings is 1. The van der Waals surface area contributed by atoms with E-state index in [9.17, 15) is 9.59 Å². The molecule has 1 amide bonds. The largest absolute Gasteiger partial charge is 0.457 e. The maximum Gasteiger partial charge on any atom is 0.294 e. The number of H-pyrrole nitrogens is 1. The summed E-state index contributed by atoms with van der Waals surface area (Å²) in [4.78, 5) is 38.4. The number of hydrogen-bond donors (Lipinski definition) is 3. The minimum absolute atomic E-state index is 0.159. The summed E-state index contributed by atoms with van der Waals surface area (Å²) < 4.78 is 7.31. The monoisotopic (exact) mass is 556 g/mol. The van der Waals surface area contributed by atoms with E-state index in [0.717, 1.165) is 33.5 Å². The highest BCUT2D eigenvalue weighted by atomic mass is 16.5. The molecule has 3 heterocycles. The van der Waals surface area contributed by atoms with Crippen LogP contribution in [0, 0.1) is 0 Å². The minimum atomic E-state index is -0.382. The van der Waals surface area contributed by atoms with E-state index in [1.807, 2.05) is 97.1 Å². The van der Waals surface area contributed by atoms with Crippen molar-refractivity contribution in [3.8, 4) is 22.8 Å². The van der Waals surface area contributed by atoms with E-state index in [1.54, 1.807) is 18.6 Å². The SMILES string of the molecule is O=C(Cn1c(-c2ccccc2)cnc(NCc2ccc(Oc3ccccc3)cc2)c1=O)NCc1cc2cnccc2[nH]1. The van der Waals surface area contributed by atoms with E-state index >= 15 is 0 Å². The summed E-state index contributed by atoms with van der Waals surface area (Å²) in [5, 5.41) is 7.01. The second-order valence-corrected chi connectivity index (χ2v) is 9.70. The molecule has 6 aromatic rings. The Hall–Kier alpha value is -5.70. The standard InChI is InChI=1S/C33H28N6O3/c40-31(35-20-26-17-25-19-34-16-15-29(25)38-26)22-39-30(24-7-3-1-4-8-24)21-37-32(33(39)41)36-18-23-11-13-28(14-12-23)42-27-9-5-2-6-10-27/h1-17,19,21,38H,18,20,22H2,(H,35,40)(H,36,37). The van der Waals surface area contributed by atoms with Gasteiger partial charge in [0, 0.05) is 35.5 Å². The summed E-state index contributed by atoms with van der Waals surface area (Å²) in [7, 11) is 0. The van der Waals surface area contributed by atoms with Crippen molar-refractivity contribution in [2.24, 2.45) is 0 Å². The summed E-state index contributed by atoms with van der Waals surface area (Å²) in [5.74, 6) is 1.34. The lowest BCUT2D eigenvalue weighted by atomic mass is 10.1. The van der Waals surface area contributed by atoms with Crippen LogP contribution in [0.1, 0.15) is 11.3 Å². The van der Waals surface area contributed by atoms with Crippen LogP contribution in [0.25, 0.3) is 22.2 Å². The molecule has 0 atom stereocenters. The molecule has 0 saturated carbocycles. The Labute approximate surface area is 241 Å². The zero-order chi connectivity index (χ0) is 28.7. The molecule has 42 heavy (non-hydrogen) atoms. The number of anilines is 1. The van der Waals surface area contributed by atoms with E-state index < -0.39 is 0 Å². The van der Waals surface area contributed by atoms with Crippen molar-refractivity contribution in [3.63, 3.8) is 0 Å². The number of hydrogen-bond acceptors (Lipinski definition) is 6. The number of carbonyl (C=O) groups is 1. The predicted octanol–water partition coefficient (Wildman–Crippen LogP) is 5.51. The van der Waals surface area contributed by atoms with E-state index in [2.05, 4.69) is 25.6 Å². The zero-order valence-electron chi connectivity index (χ0n) is 22.7. The molecule has 0 aliphatic carbocycles. The molecule has 9 nitrogen and oxygen atoms in total. The molecule has 0 bridgehead atoms. The number of amides is 1. The highest BCUT2D eigenvalue weighted by Gasteiger charge is 2.15. The number of carbonyl (C=O) groups excluding carboxylic acids is 1. The molecule has 9 heteroatoms. The Morgan fingerprint density at radius 2 is 1.60 bits per heavy atom. The van der Waals surface area contributed by atoms with Gasteiger partial charge in [-0.05, 0) is 47.5 Å². The fourth-order valence-corrected chi connectivity index (χ4v) is 4.61. The summed E-state index contributed by atoms with van der Waals surface area (Å²) >= 11 is 0. The van der Waals surface area contributed by atoms with Gasteiger partial charge >= 0.3 is 0 Å². The fraction of sp³-hybridized carbons (Fsp3) is 0.0909. The predicted molar refractivity (Wildman–Crippen MR) is 162 cm³/mol. The van der Waals surface area contributed by atoms with Gasteiger partial charge in [-0.15, -0.1) is 0 Å². The molecule has 6 rings (SSSR count).